The number of halogens is 2. The van der Waals surface area contributed by atoms with Crippen molar-refractivity contribution in [2.45, 2.75) is 19.6 Å². The average molecular weight is 328 g/mol. The molecule has 0 fully saturated rings. The second kappa shape index (κ2) is 6.78. The van der Waals surface area contributed by atoms with Crippen molar-refractivity contribution in [2.24, 2.45) is 0 Å². The standard InChI is InChI=1S/C14H14F2N2O3S/c1-8-11(9(2)21-18-8)6-22(20)7-14(19)17-13-4-3-10(15)5-12(13)16/h3-5H,6-7H2,1-2H3,(H,17,19)/t22-/m0/s1. The van der Waals surface area contributed by atoms with Crippen LogP contribution >= 0.6 is 0 Å². The molecule has 0 saturated carbocycles. The summed E-state index contributed by atoms with van der Waals surface area (Å²) in [6.07, 6.45) is 0. The van der Waals surface area contributed by atoms with Gasteiger partial charge in [-0.05, 0) is 26.0 Å². The second-order valence-electron chi connectivity index (χ2n) is 4.70. The minimum Gasteiger partial charge on any atom is -0.361 e. The zero-order valence-electron chi connectivity index (χ0n) is 12.0. The van der Waals surface area contributed by atoms with Crippen LogP contribution < -0.4 is 5.32 Å². The molecule has 0 bridgehead atoms. The third-order valence-corrected chi connectivity index (χ3v) is 4.18. The van der Waals surface area contributed by atoms with Crippen LogP contribution in [0.2, 0.25) is 0 Å². The van der Waals surface area contributed by atoms with Crippen molar-refractivity contribution in [3.63, 3.8) is 0 Å². The first-order valence-electron chi connectivity index (χ1n) is 6.38. The molecule has 1 amide bonds. The monoisotopic (exact) mass is 328 g/mol. The molecule has 0 unspecified atom stereocenters. The van der Waals surface area contributed by atoms with E-state index >= 15 is 0 Å². The molecule has 1 N–H and O–H groups in total. The van der Waals surface area contributed by atoms with E-state index < -0.39 is 28.3 Å². The first-order chi connectivity index (χ1) is 10.4. The van der Waals surface area contributed by atoms with Gasteiger partial charge in [0.05, 0.1) is 17.1 Å². The summed E-state index contributed by atoms with van der Waals surface area (Å²) in [6, 6.07) is 2.80. The largest absolute Gasteiger partial charge is 0.361 e. The Hall–Kier alpha value is -2.09. The SMILES string of the molecule is Cc1noc(C)c1C[S@](=O)CC(=O)Nc1ccc(F)cc1F. The Morgan fingerprint density at radius 3 is 2.68 bits per heavy atom. The molecular formula is C14H14F2N2O3S. The topological polar surface area (TPSA) is 72.2 Å². The number of nitrogens with one attached hydrogen (secondary N) is 1. The predicted molar refractivity (Wildman–Crippen MR) is 77.7 cm³/mol. The minimum atomic E-state index is -1.49. The fourth-order valence-corrected chi connectivity index (χ4v) is 3.04. The van der Waals surface area contributed by atoms with Crippen LogP contribution in [0.4, 0.5) is 14.5 Å². The highest BCUT2D eigenvalue weighted by molar-refractivity contribution is 7.85. The van der Waals surface area contributed by atoms with E-state index in [9.17, 15) is 17.8 Å². The molecule has 8 heteroatoms. The van der Waals surface area contributed by atoms with Crippen molar-refractivity contribution in [1.82, 2.24) is 5.16 Å². The van der Waals surface area contributed by atoms with Crippen LogP contribution in [0.3, 0.4) is 0 Å². The van der Waals surface area contributed by atoms with Gasteiger partial charge in [0.2, 0.25) is 5.91 Å². The van der Waals surface area contributed by atoms with E-state index in [1.807, 2.05) is 0 Å². The van der Waals surface area contributed by atoms with E-state index in [1.54, 1.807) is 13.8 Å². The number of carbonyl (C=O) groups excluding carboxylic acids is 1. The minimum absolute atomic E-state index is 0.125. The van der Waals surface area contributed by atoms with Gasteiger partial charge in [-0.15, -0.1) is 0 Å². The lowest BCUT2D eigenvalue weighted by Gasteiger charge is -2.06. The summed E-state index contributed by atoms with van der Waals surface area (Å²) in [6.45, 7) is 3.41. The number of anilines is 1. The number of hydrogen-bond donors (Lipinski definition) is 1. The van der Waals surface area contributed by atoms with Gasteiger partial charge in [0.25, 0.3) is 0 Å². The Morgan fingerprint density at radius 1 is 1.36 bits per heavy atom. The molecule has 0 radical (unpaired) electrons. The van der Waals surface area contributed by atoms with Gasteiger partial charge in [-0.2, -0.15) is 0 Å². The maximum Gasteiger partial charge on any atom is 0.237 e. The van der Waals surface area contributed by atoms with Crippen molar-refractivity contribution >= 4 is 22.4 Å². The lowest BCUT2D eigenvalue weighted by atomic mass is 10.2. The van der Waals surface area contributed by atoms with Crippen LogP contribution in [0, 0.1) is 25.5 Å². The first kappa shape index (κ1) is 16.3. The van der Waals surface area contributed by atoms with Crippen LogP contribution in [0.25, 0.3) is 0 Å². The number of aromatic nitrogens is 1. The molecule has 1 aromatic heterocycles. The van der Waals surface area contributed by atoms with Crippen molar-refractivity contribution in [2.75, 3.05) is 11.1 Å². The molecule has 1 heterocycles. The Balaban J connectivity index is 1.96. The molecule has 2 aromatic rings. The highest BCUT2D eigenvalue weighted by atomic mass is 32.2. The van der Waals surface area contributed by atoms with E-state index in [1.165, 1.54) is 0 Å². The molecule has 5 nitrogen and oxygen atoms in total. The van der Waals surface area contributed by atoms with E-state index in [2.05, 4.69) is 10.5 Å². The summed E-state index contributed by atoms with van der Waals surface area (Å²) in [5.74, 6) is -1.87. The number of hydrogen-bond acceptors (Lipinski definition) is 4. The number of aryl methyl sites for hydroxylation is 2. The lowest BCUT2D eigenvalue weighted by Crippen LogP contribution is -2.21. The first-order valence-corrected chi connectivity index (χ1v) is 7.87. The quantitative estimate of drug-likeness (QED) is 0.915. The maximum atomic E-state index is 13.4. The fourth-order valence-electron chi connectivity index (χ4n) is 1.84. The van der Waals surface area contributed by atoms with Gasteiger partial charge >= 0.3 is 0 Å². The molecule has 118 valence electrons. The molecule has 0 aliphatic heterocycles. The predicted octanol–water partition coefficient (Wildman–Crippen LogP) is 2.46. The normalized spacial score (nSPS) is 12.2. The van der Waals surface area contributed by atoms with Crippen LogP contribution in [-0.2, 0) is 21.3 Å². The number of benzene rings is 1. The maximum absolute atomic E-state index is 13.4. The van der Waals surface area contributed by atoms with E-state index in [-0.39, 0.29) is 17.2 Å². The fraction of sp³-hybridized carbons (Fsp3) is 0.286. The molecule has 0 aliphatic carbocycles. The Labute approximate surface area is 128 Å². The van der Waals surface area contributed by atoms with Gasteiger partial charge in [0.15, 0.2) is 0 Å². The van der Waals surface area contributed by atoms with Gasteiger partial charge in [0, 0.05) is 22.4 Å². The molecule has 0 aliphatic rings. The van der Waals surface area contributed by atoms with Gasteiger partial charge in [0.1, 0.15) is 23.1 Å². The average Bonchev–Trinajstić information content (AvgIpc) is 2.73. The van der Waals surface area contributed by atoms with Crippen LogP contribution in [0.5, 0.6) is 0 Å². The molecular weight excluding hydrogens is 314 g/mol. The molecule has 0 spiro atoms. The van der Waals surface area contributed by atoms with Crippen molar-refractivity contribution in [3.05, 3.63) is 46.9 Å². The van der Waals surface area contributed by atoms with Gasteiger partial charge in [-0.1, -0.05) is 5.16 Å². The number of rotatable bonds is 5. The highest BCUT2D eigenvalue weighted by Crippen LogP contribution is 2.16. The van der Waals surface area contributed by atoms with Crippen LogP contribution in [0.15, 0.2) is 22.7 Å². The Bertz CT molecular complexity index is 711. The summed E-state index contributed by atoms with van der Waals surface area (Å²) in [7, 11) is -1.49. The van der Waals surface area contributed by atoms with E-state index in [0.29, 0.717) is 23.1 Å². The van der Waals surface area contributed by atoms with E-state index in [0.717, 1.165) is 12.1 Å². The zero-order valence-corrected chi connectivity index (χ0v) is 12.8. The molecule has 0 saturated heterocycles. The molecule has 1 aromatic carbocycles. The number of nitrogens with zero attached hydrogens (tertiary/aromatic N) is 1. The van der Waals surface area contributed by atoms with Crippen molar-refractivity contribution in [3.8, 4) is 0 Å². The Morgan fingerprint density at radius 2 is 2.09 bits per heavy atom. The van der Waals surface area contributed by atoms with Gasteiger partial charge in [-0.25, -0.2) is 8.78 Å². The number of amides is 1. The summed E-state index contributed by atoms with van der Waals surface area (Å²) < 4.78 is 43.1. The third kappa shape index (κ3) is 3.97. The van der Waals surface area contributed by atoms with Crippen LogP contribution in [-0.4, -0.2) is 21.0 Å². The number of carbonyl (C=O) groups is 1. The van der Waals surface area contributed by atoms with Crippen molar-refractivity contribution in [1.29, 1.82) is 0 Å². The van der Waals surface area contributed by atoms with Crippen molar-refractivity contribution < 1.29 is 22.3 Å². The highest BCUT2D eigenvalue weighted by Gasteiger charge is 2.16. The summed E-state index contributed by atoms with van der Waals surface area (Å²) in [5.41, 5.74) is 1.16. The van der Waals surface area contributed by atoms with Crippen LogP contribution in [0.1, 0.15) is 17.0 Å². The van der Waals surface area contributed by atoms with Gasteiger partial charge in [-0.3, -0.25) is 9.00 Å². The lowest BCUT2D eigenvalue weighted by molar-refractivity contribution is -0.113. The Kier molecular flexibility index (Phi) is 5.02. The van der Waals surface area contributed by atoms with E-state index in [4.69, 9.17) is 4.52 Å². The molecule has 2 rings (SSSR count). The second-order valence-corrected chi connectivity index (χ2v) is 6.16. The third-order valence-electron chi connectivity index (χ3n) is 2.98. The zero-order chi connectivity index (χ0) is 16.3. The molecule has 1 atom stereocenters. The molecule has 22 heavy (non-hydrogen) atoms. The van der Waals surface area contributed by atoms with Gasteiger partial charge < -0.3 is 9.84 Å². The smallest absolute Gasteiger partial charge is 0.237 e. The summed E-state index contributed by atoms with van der Waals surface area (Å²) in [5, 5.41) is 6.01. The summed E-state index contributed by atoms with van der Waals surface area (Å²) >= 11 is 0. The summed E-state index contributed by atoms with van der Waals surface area (Å²) in [4.78, 5) is 11.8.